The number of imidazole rings is 1. The third kappa shape index (κ3) is 5.78. The summed E-state index contributed by atoms with van der Waals surface area (Å²) in [5.41, 5.74) is 1.82. The van der Waals surface area contributed by atoms with Crippen LogP contribution in [-0.2, 0) is 16.0 Å². The Bertz CT molecular complexity index is 1570. The van der Waals surface area contributed by atoms with E-state index in [1.165, 1.54) is 0 Å². The number of benzene rings is 3. The van der Waals surface area contributed by atoms with Gasteiger partial charge in [0.1, 0.15) is 6.04 Å². The lowest BCUT2D eigenvalue weighted by molar-refractivity contribution is -0.140. The quantitative estimate of drug-likeness (QED) is 0.354. The average molecular weight is 564 g/mol. The molecular formula is C31H38ClN5O3. The number of para-hydroxylation sites is 2. The first-order valence-electron chi connectivity index (χ1n) is 13.6. The number of carbonyl (C=O) groups is 2. The molecule has 1 aromatic heterocycles. The van der Waals surface area contributed by atoms with Gasteiger partial charge in [-0.2, -0.15) is 0 Å². The van der Waals surface area contributed by atoms with Crippen LogP contribution in [0.1, 0.15) is 38.3 Å². The fraction of sp³-hybridized carbons (Fsp3) is 0.387. The highest BCUT2D eigenvalue weighted by atomic mass is 35.5. The standard InChI is InChI=1S/C31H37N5O3.ClH/c1-31(2,34(3)4)29(38)32-26(20-21-13-14-22-9-5-6-10-23(22)19-21)28(37)35-17-15-24(16-18-35)36-27-12-8-7-11-25(27)33-30(36)39;/h5-14,19,24,26H,15-18,20H2,1-4H3,(H,32,38)(H,33,39);1H/t26-;/m1./s1. The predicted octanol–water partition coefficient (Wildman–Crippen LogP) is 4.14. The van der Waals surface area contributed by atoms with Crippen LogP contribution in [0.4, 0.5) is 0 Å². The summed E-state index contributed by atoms with van der Waals surface area (Å²) in [6.07, 6.45) is 1.75. The number of rotatable bonds is 7. The highest BCUT2D eigenvalue weighted by Gasteiger charge is 2.36. The van der Waals surface area contributed by atoms with Crippen LogP contribution in [0.25, 0.3) is 21.8 Å². The molecule has 1 aliphatic heterocycles. The molecule has 0 bridgehead atoms. The van der Waals surface area contributed by atoms with Crippen molar-refractivity contribution in [3.05, 3.63) is 82.8 Å². The fourth-order valence-electron chi connectivity index (χ4n) is 5.34. The van der Waals surface area contributed by atoms with Crippen LogP contribution in [-0.4, -0.2) is 69.9 Å². The maximum absolute atomic E-state index is 13.9. The summed E-state index contributed by atoms with van der Waals surface area (Å²) in [5, 5.41) is 5.31. The van der Waals surface area contributed by atoms with Gasteiger partial charge in [0.2, 0.25) is 11.8 Å². The zero-order chi connectivity index (χ0) is 27.7. The Hall–Kier alpha value is -3.62. The Morgan fingerprint density at radius 1 is 1.00 bits per heavy atom. The van der Waals surface area contributed by atoms with Crippen LogP contribution in [0.15, 0.2) is 71.5 Å². The molecule has 1 aliphatic rings. The molecule has 212 valence electrons. The molecule has 2 heterocycles. The normalized spacial score (nSPS) is 15.3. The number of aromatic amines is 1. The molecule has 1 fully saturated rings. The van der Waals surface area contributed by atoms with E-state index in [0.29, 0.717) is 32.4 Å². The molecule has 0 spiro atoms. The van der Waals surface area contributed by atoms with Crippen molar-refractivity contribution in [3.63, 3.8) is 0 Å². The number of nitrogens with one attached hydrogen (secondary N) is 2. The third-order valence-corrected chi connectivity index (χ3v) is 8.30. The largest absolute Gasteiger partial charge is 0.342 e. The van der Waals surface area contributed by atoms with Gasteiger partial charge in [-0.15, -0.1) is 12.4 Å². The summed E-state index contributed by atoms with van der Waals surface area (Å²) < 4.78 is 1.82. The van der Waals surface area contributed by atoms with Crippen LogP contribution in [0.3, 0.4) is 0 Å². The summed E-state index contributed by atoms with van der Waals surface area (Å²) in [5.74, 6) is -0.275. The molecule has 2 N–H and O–H groups in total. The molecule has 8 nitrogen and oxygen atoms in total. The van der Waals surface area contributed by atoms with Crippen molar-refractivity contribution in [1.82, 2.24) is 24.7 Å². The highest BCUT2D eigenvalue weighted by Crippen LogP contribution is 2.26. The van der Waals surface area contributed by atoms with Crippen molar-refractivity contribution in [2.45, 2.75) is 50.7 Å². The first kappa shape index (κ1) is 29.4. The molecule has 1 saturated heterocycles. The van der Waals surface area contributed by atoms with E-state index in [0.717, 1.165) is 27.4 Å². The number of fused-ring (bicyclic) bond motifs is 2. The molecule has 3 aromatic carbocycles. The molecule has 4 aromatic rings. The van der Waals surface area contributed by atoms with Crippen LogP contribution in [0.2, 0.25) is 0 Å². The van der Waals surface area contributed by atoms with Gasteiger partial charge in [-0.3, -0.25) is 19.1 Å². The number of halogens is 1. The zero-order valence-electron chi connectivity index (χ0n) is 23.5. The van der Waals surface area contributed by atoms with Gasteiger partial charge in [0, 0.05) is 25.6 Å². The molecule has 0 saturated carbocycles. The smallest absolute Gasteiger partial charge is 0.326 e. The average Bonchev–Trinajstić information content (AvgIpc) is 3.27. The molecule has 1 atom stereocenters. The van der Waals surface area contributed by atoms with Crippen molar-refractivity contribution < 1.29 is 9.59 Å². The number of piperidine rings is 1. The van der Waals surface area contributed by atoms with Crippen molar-refractivity contribution >= 4 is 46.0 Å². The Morgan fingerprint density at radius 2 is 1.65 bits per heavy atom. The summed E-state index contributed by atoms with van der Waals surface area (Å²) in [6.45, 7) is 4.75. The third-order valence-electron chi connectivity index (χ3n) is 8.30. The molecule has 5 rings (SSSR count). The molecular weight excluding hydrogens is 526 g/mol. The van der Waals surface area contributed by atoms with E-state index >= 15 is 0 Å². The summed E-state index contributed by atoms with van der Waals surface area (Å²) in [6, 6.07) is 21.3. The lowest BCUT2D eigenvalue weighted by Gasteiger charge is -2.37. The minimum absolute atomic E-state index is 0. The second-order valence-corrected chi connectivity index (χ2v) is 11.2. The van der Waals surface area contributed by atoms with Crippen LogP contribution in [0.5, 0.6) is 0 Å². The first-order valence-corrected chi connectivity index (χ1v) is 13.6. The summed E-state index contributed by atoms with van der Waals surface area (Å²) in [7, 11) is 3.72. The van der Waals surface area contributed by atoms with Crippen LogP contribution < -0.4 is 11.0 Å². The van der Waals surface area contributed by atoms with E-state index in [-0.39, 0.29) is 36.0 Å². The van der Waals surface area contributed by atoms with E-state index < -0.39 is 11.6 Å². The minimum atomic E-state index is -0.772. The van der Waals surface area contributed by atoms with Gasteiger partial charge in [0.25, 0.3) is 0 Å². The van der Waals surface area contributed by atoms with E-state index in [4.69, 9.17) is 0 Å². The van der Waals surface area contributed by atoms with E-state index in [9.17, 15) is 14.4 Å². The number of likely N-dealkylation sites (tertiary alicyclic amines) is 1. The van der Waals surface area contributed by atoms with Crippen LogP contribution in [0, 0.1) is 0 Å². The van der Waals surface area contributed by atoms with Gasteiger partial charge in [-0.25, -0.2) is 4.79 Å². The maximum Gasteiger partial charge on any atom is 0.326 e. The Kier molecular flexibility index (Phi) is 8.71. The lowest BCUT2D eigenvalue weighted by atomic mass is 9.97. The first-order chi connectivity index (χ1) is 18.6. The minimum Gasteiger partial charge on any atom is -0.342 e. The SMILES string of the molecule is CN(C)C(C)(C)C(=O)N[C@H](Cc1ccc2ccccc2c1)C(=O)N1CCC(n2c(=O)[nH]c3ccccc32)CC1.Cl. The number of H-pyrrole nitrogens is 1. The van der Waals surface area contributed by atoms with E-state index in [1.807, 2.05) is 84.8 Å². The van der Waals surface area contributed by atoms with Crippen molar-refractivity contribution in [1.29, 1.82) is 0 Å². The monoisotopic (exact) mass is 563 g/mol. The van der Waals surface area contributed by atoms with Gasteiger partial charge in [-0.1, -0.05) is 54.6 Å². The summed E-state index contributed by atoms with van der Waals surface area (Å²) in [4.78, 5) is 46.5. The van der Waals surface area contributed by atoms with Gasteiger partial charge in [0.15, 0.2) is 0 Å². The fourth-order valence-corrected chi connectivity index (χ4v) is 5.34. The molecule has 0 radical (unpaired) electrons. The van der Waals surface area contributed by atoms with E-state index in [2.05, 4.69) is 34.6 Å². The Balaban J connectivity index is 0.00000370. The predicted molar refractivity (Wildman–Crippen MR) is 162 cm³/mol. The number of amides is 2. The molecule has 0 unspecified atom stereocenters. The molecule has 9 heteroatoms. The number of aromatic nitrogens is 2. The number of carbonyl (C=O) groups excluding carboxylic acids is 2. The second kappa shape index (κ2) is 11.9. The maximum atomic E-state index is 13.9. The lowest BCUT2D eigenvalue weighted by Crippen LogP contribution is -2.58. The Labute approximate surface area is 240 Å². The van der Waals surface area contributed by atoms with Gasteiger partial charge >= 0.3 is 5.69 Å². The molecule has 0 aliphatic carbocycles. The van der Waals surface area contributed by atoms with E-state index in [1.54, 1.807) is 0 Å². The molecule has 2 amide bonds. The van der Waals surface area contributed by atoms with Crippen molar-refractivity contribution in [2.24, 2.45) is 0 Å². The second-order valence-electron chi connectivity index (χ2n) is 11.2. The topological polar surface area (TPSA) is 90.4 Å². The van der Waals surface area contributed by atoms with Crippen molar-refractivity contribution in [3.8, 4) is 0 Å². The highest BCUT2D eigenvalue weighted by molar-refractivity contribution is 5.92. The van der Waals surface area contributed by atoms with Gasteiger partial charge in [0.05, 0.1) is 16.6 Å². The zero-order valence-corrected chi connectivity index (χ0v) is 24.3. The number of likely N-dealkylation sites (N-methyl/N-ethyl adjacent to an activating group) is 1. The van der Waals surface area contributed by atoms with Crippen LogP contribution >= 0.6 is 12.4 Å². The summed E-state index contributed by atoms with van der Waals surface area (Å²) >= 11 is 0. The van der Waals surface area contributed by atoms with Crippen molar-refractivity contribution in [2.75, 3.05) is 27.2 Å². The number of hydrogen-bond donors (Lipinski definition) is 2. The number of nitrogens with zero attached hydrogens (tertiary/aromatic N) is 3. The Morgan fingerprint density at radius 3 is 2.35 bits per heavy atom. The number of hydrogen-bond acceptors (Lipinski definition) is 4. The van der Waals surface area contributed by atoms with Gasteiger partial charge in [-0.05, 0) is 69.3 Å². The van der Waals surface area contributed by atoms with Gasteiger partial charge < -0.3 is 15.2 Å². The molecule has 40 heavy (non-hydrogen) atoms.